The van der Waals surface area contributed by atoms with Crippen molar-refractivity contribution in [1.29, 1.82) is 0 Å². The third-order valence-electron chi connectivity index (χ3n) is 7.01. The van der Waals surface area contributed by atoms with Gasteiger partial charge >= 0.3 is 6.01 Å². The third-order valence-corrected chi connectivity index (χ3v) is 8.21. The fourth-order valence-electron chi connectivity index (χ4n) is 4.63. The minimum Gasteiger partial charge on any atom is -0.401 e. The maximum absolute atomic E-state index is 13.3. The van der Waals surface area contributed by atoms with Gasteiger partial charge in [0.05, 0.1) is 31.0 Å². The second-order valence-corrected chi connectivity index (χ2v) is 12.1. The first-order valence-corrected chi connectivity index (χ1v) is 17.6. The molecule has 276 valence electrons. The highest BCUT2D eigenvalue weighted by Gasteiger charge is 2.19. The van der Waals surface area contributed by atoms with Crippen molar-refractivity contribution in [3.63, 3.8) is 0 Å². The van der Waals surface area contributed by atoms with Crippen LogP contribution in [-0.4, -0.2) is 88.7 Å². The Hall–Kier alpha value is -5.79. The van der Waals surface area contributed by atoms with E-state index in [4.69, 9.17) is 20.8 Å². The normalized spacial score (nSPS) is 12.3. The Bertz CT molecular complexity index is 2260. The van der Waals surface area contributed by atoms with Crippen LogP contribution in [0.1, 0.15) is 26.3 Å². The van der Waals surface area contributed by atoms with Crippen LogP contribution in [0.25, 0.3) is 32.9 Å². The van der Waals surface area contributed by atoms with E-state index >= 15 is 0 Å². The van der Waals surface area contributed by atoms with Crippen molar-refractivity contribution in [1.82, 2.24) is 55.2 Å². The van der Waals surface area contributed by atoms with E-state index in [1.165, 1.54) is 52.7 Å². The maximum atomic E-state index is 13.3. The predicted molar refractivity (Wildman–Crippen MR) is 194 cm³/mol. The van der Waals surface area contributed by atoms with Gasteiger partial charge < -0.3 is 19.4 Å². The van der Waals surface area contributed by atoms with Gasteiger partial charge in [0.1, 0.15) is 28.8 Å². The molecule has 53 heavy (non-hydrogen) atoms. The number of rotatable bonds is 9. The molecule has 7 heterocycles. The highest BCUT2D eigenvalue weighted by molar-refractivity contribution is 7.17. The van der Waals surface area contributed by atoms with E-state index in [0.717, 1.165) is 16.4 Å². The van der Waals surface area contributed by atoms with Crippen LogP contribution >= 0.6 is 22.9 Å². The monoisotopic (exact) mass is 764 g/mol. The van der Waals surface area contributed by atoms with Crippen LogP contribution in [0, 0.1) is 5.82 Å². The first kappa shape index (κ1) is 38.4. The lowest BCUT2D eigenvalue weighted by atomic mass is 10.3. The van der Waals surface area contributed by atoms with Gasteiger partial charge in [-0.25, -0.2) is 13.8 Å². The van der Waals surface area contributed by atoms with E-state index in [9.17, 15) is 18.8 Å². The lowest BCUT2D eigenvalue weighted by Gasteiger charge is -2.24. The fourth-order valence-corrected chi connectivity index (χ4v) is 5.59. The van der Waals surface area contributed by atoms with Gasteiger partial charge in [-0.15, -0.1) is 15.3 Å². The first-order valence-electron chi connectivity index (χ1n) is 16.4. The SMILES string of the molecule is CC.CCNC(=O)Cn1nc(-c2nnc(N3CCOCC3)o2)ccc1=O.O=c1ccc(-c2nnc(-c3cncc(Cl)c3)s2)nn1Cc1cncc(F)c1. The van der Waals surface area contributed by atoms with Crippen molar-refractivity contribution in [2.75, 3.05) is 37.7 Å². The fraction of sp³-hybridized carbons (Fsp3) is 0.303. The van der Waals surface area contributed by atoms with Gasteiger partial charge in [0, 0.05) is 55.9 Å². The molecule has 6 aromatic heterocycles. The molecule has 0 atom stereocenters. The van der Waals surface area contributed by atoms with Crippen LogP contribution < -0.4 is 21.3 Å². The largest absolute Gasteiger partial charge is 0.401 e. The van der Waals surface area contributed by atoms with E-state index in [-0.39, 0.29) is 36.0 Å². The zero-order chi connectivity index (χ0) is 37.7. The number of carbonyl (C=O) groups excluding carboxylic acids is 1. The van der Waals surface area contributed by atoms with Crippen LogP contribution in [0.5, 0.6) is 0 Å². The quantitative estimate of drug-likeness (QED) is 0.225. The molecule has 0 spiro atoms. The molecule has 1 fully saturated rings. The van der Waals surface area contributed by atoms with Gasteiger partial charge in [0.15, 0.2) is 5.01 Å². The summed E-state index contributed by atoms with van der Waals surface area (Å²) in [4.78, 5) is 45.3. The summed E-state index contributed by atoms with van der Waals surface area (Å²) in [5, 5.41) is 29.0. The van der Waals surface area contributed by atoms with Gasteiger partial charge in [-0.05, 0) is 36.8 Å². The van der Waals surface area contributed by atoms with Crippen molar-refractivity contribution in [3.05, 3.63) is 98.3 Å². The molecule has 0 saturated carbocycles. The van der Waals surface area contributed by atoms with E-state index in [1.54, 1.807) is 25.3 Å². The Labute approximate surface area is 310 Å². The highest BCUT2D eigenvalue weighted by atomic mass is 35.5. The van der Waals surface area contributed by atoms with E-state index < -0.39 is 5.82 Å². The average Bonchev–Trinajstić information content (AvgIpc) is 3.87. The Morgan fingerprint density at radius 2 is 1.58 bits per heavy atom. The number of anilines is 1. The Morgan fingerprint density at radius 3 is 2.32 bits per heavy atom. The van der Waals surface area contributed by atoms with Crippen LogP contribution in [0.2, 0.25) is 5.02 Å². The summed E-state index contributed by atoms with van der Waals surface area (Å²) in [7, 11) is 0. The molecular weight excluding hydrogens is 731 g/mol. The Kier molecular flexibility index (Phi) is 13.5. The molecule has 1 amide bonds. The smallest absolute Gasteiger partial charge is 0.318 e. The van der Waals surface area contributed by atoms with E-state index in [1.807, 2.05) is 18.7 Å². The second kappa shape index (κ2) is 18.6. The number of nitrogens with zero attached hydrogens (tertiary/aromatic N) is 11. The molecule has 0 radical (unpaired) electrons. The summed E-state index contributed by atoms with van der Waals surface area (Å²) in [6.45, 7) is 8.78. The molecule has 1 N–H and O–H groups in total. The molecular formula is C33H34ClFN12O5S. The number of amides is 1. The van der Waals surface area contributed by atoms with Crippen molar-refractivity contribution in [3.8, 4) is 32.9 Å². The number of carbonyl (C=O) groups is 1. The minimum atomic E-state index is -0.472. The standard InChI is InChI=1S/C17H10ClFN6OS.C14H18N6O4.C2H6/c18-12-4-11(6-21-7-12)16-22-23-17(27-16)14-1-2-15(26)25(24-14)9-10-3-13(19)8-20-5-10;1-2-15-11(21)9-20-12(22)4-3-10(18-20)13-16-17-14(24-13)19-5-7-23-8-6-19;1-2/h1-8H,9H2;3-4H,2,5-9H2,1H3,(H,15,21);1-2H3. The molecule has 1 aliphatic heterocycles. The number of halogens is 2. The summed E-state index contributed by atoms with van der Waals surface area (Å²) in [5.41, 5.74) is 1.41. The van der Waals surface area contributed by atoms with Gasteiger partial charge in [-0.3, -0.25) is 24.4 Å². The molecule has 20 heteroatoms. The minimum absolute atomic E-state index is 0.0985. The molecule has 0 aliphatic carbocycles. The topological polar surface area (TPSA) is 202 Å². The van der Waals surface area contributed by atoms with Gasteiger partial charge in [-0.1, -0.05) is 41.9 Å². The van der Waals surface area contributed by atoms with Gasteiger partial charge in [0.25, 0.3) is 17.0 Å². The number of morpholine rings is 1. The molecule has 0 aromatic carbocycles. The molecule has 1 aliphatic rings. The summed E-state index contributed by atoms with van der Waals surface area (Å²) in [6.07, 6.45) is 5.76. The van der Waals surface area contributed by atoms with Gasteiger partial charge in [0.2, 0.25) is 5.91 Å². The molecule has 17 nitrogen and oxygen atoms in total. The van der Waals surface area contributed by atoms with Crippen LogP contribution in [0.15, 0.2) is 75.2 Å². The number of hydrogen-bond donors (Lipinski definition) is 1. The lowest BCUT2D eigenvalue weighted by molar-refractivity contribution is -0.121. The molecule has 6 aromatic rings. The predicted octanol–water partition coefficient (Wildman–Crippen LogP) is 3.35. The summed E-state index contributed by atoms with van der Waals surface area (Å²) < 4.78 is 26.5. The summed E-state index contributed by atoms with van der Waals surface area (Å²) in [5.74, 6) is -0.564. The van der Waals surface area contributed by atoms with Gasteiger partial charge in [-0.2, -0.15) is 10.2 Å². The first-order chi connectivity index (χ1) is 25.7. The Morgan fingerprint density at radius 1 is 0.887 bits per heavy atom. The number of aromatic nitrogens is 10. The zero-order valence-electron chi connectivity index (χ0n) is 28.8. The molecule has 0 unspecified atom stereocenters. The van der Waals surface area contributed by atoms with E-state index in [2.05, 4.69) is 45.9 Å². The van der Waals surface area contributed by atoms with Crippen LogP contribution in [0.3, 0.4) is 0 Å². The van der Waals surface area contributed by atoms with Crippen molar-refractivity contribution < 1.29 is 18.3 Å². The number of ether oxygens (including phenoxy) is 1. The summed E-state index contributed by atoms with van der Waals surface area (Å²) in [6, 6.07) is 9.21. The third kappa shape index (κ3) is 10.4. The average molecular weight is 765 g/mol. The number of pyridine rings is 2. The Balaban J connectivity index is 0.000000197. The van der Waals surface area contributed by atoms with Crippen LogP contribution in [-0.2, 0) is 22.6 Å². The number of nitrogens with one attached hydrogen (secondary N) is 1. The zero-order valence-corrected chi connectivity index (χ0v) is 30.4. The summed E-state index contributed by atoms with van der Waals surface area (Å²) >= 11 is 7.26. The van der Waals surface area contributed by atoms with Crippen molar-refractivity contribution >= 4 is 34.9 Å². The molecule has 0 bridgehead atoms. The molecule has 7 rings (SSSR count). The molecule has 1 saturated heterocycles. The second-order valence-electron chi connectivity index (χ2n) is 10.7. The van der Waals surface area contributed by atoms with Crippen molar-refractivity contribution in [2.45, 2.75) is 33.9 Å². The number of likely N-dealkylation sites (N-methyl/N-ethyl adjacent to an activating group) is 1. The highest BCUT2D eigenvalue weighted by Crippen LogP contribution is 2.29. The lowest BCUT2D eigenvalue weighted by Crippen LogP contribution is -2.36. The van der Waals surface area contributed by atoms with E-state index in [0.29, 0.717) is 70.9 Å². The maximum Gasteiger partial charge on any atom is 0.318 e. The van der Waals surface area contributed by atoms with Crippen molar-refractivity contribution in [2.24, 2.45) is 0 Å². The number of hydrogen-bond acceptors (Lipinski definition) is 15. The van der Waals surface area contributed by atoms with Crippen LogP contribution in [0.4, 0.5) is 10.4 Å².